The number of hydrogen-bond donors (Lipinski definition) is 3. The number of nitrogens with two attached hydrogens (primary N) is 1. The Kier molecular flexibility index (Phi) is 6.30. The number of primary sulfonamides is 1. The molecule has 33 heavy (non-hydrogen) atoms. The van der Waals surface area contributed by atoms with Crippen LogP contribution in [0.3, 0.4) is 0 Å². The third kappa shape index (κ3) is 5.12. The second-order valence-electron chi connectivity index (χ2n) is 8.23. The first-order chi connectivity index (χ1) is 15.7. The monoisotopic (exact) mass is 466 g/mol. The van der Waals surface area contributed by atoms with E-state index in [4.69, 9.17) is 10.1 Å². The third-order valence-corrected chi connectivity index (χ3v) is 5.89. The highest BCUT2D eigenvalue weighted by Gasteiger charge is 2.15. The number of aromatic nitrogens is 3. The molecule has 0 saturated carbocycles. The topological polar surface area (TPSA) is 131 Å². The van der Waals surface area contributed by atoms with Gasteiger partial charge in [-0.15, -0.1) is 0 Å². The number of rotatable bonds is 8. The van der Waals surface area contributed by atoms with Crippen LogP contribution < -0.4 is 15.8 Å². The SMILES string of the molecule is CC(C)CNc1nc2ccccc2n2c(-c3ccc(C(=O)NCCS(N)(=O)=O)cc3)cnc12. The van der Waals surface area contributed by atoms with Gasteiger partial charge in [0.15, 0.2) is 11.5 Å². The molecule has 0 spiro atoms. The van der Waals surface area contributed by atoms with Crippen LogP contribution in [0.5, 0.6) is 0 Å². The molecule has 10 heteroatoms. The fraction of sp³-hybridized carbons (Fsp3) is 0.261. The van der Waals surface area contributed by atoms with Crippen molar-refractivity contribution in [2.75, 3.05) is 24.2 Å². The van der Waals surface area contributed by atoms with Crippen LogP contribution in [-0.2, 0) is 10.0 Å². The summed E-state index contributed by atoms with van der Waals surface area (Å²) in [5, 5.41) is 10.9. The Labute approximate surface area is 192 Å². The summed E-state index contributed by atoms with van der Waals surface area (Å²) < 4.78 is 24.1. The molecule has 2 heterocycles. The Morgan fingerprint density at radius 1 is 1.12 bits per heavy atom. The second-order valence-corrected chi connectivity index (χ2v) is 9.96. The fourth-order valence-corrected chi connectivity index (χ4v) is 3.89. The summed E-state index contributed by atoms with van der Waals surface area (Å²) in [6.07, 6.45) is 1.80. The van der Waals surface area contributed by atoms with Crippen molar-refractivity contribution in [3.05, 3.63) is 60.3 Å². The van der Waals surface area contributed by atoms with Crippen LogP contribution in [0.25, 0.3) is 27.9 Å². The number of hydrogen-bond acceptors (Lipinski definition) is 6. The molecule has 4 rings (SSSR count). The van der Waals surface area contributed by atoms with E-state index in [1.54, 1.807) is 18.3 Å². The molecule has 0 aliphatic heterocycles. The van der Waals surface area contributed by atoms with Gasteiger partial charge in [0, 0.05) is 24.2 Å². The zero-order valence-electron chi connectivity index (χ0n) is 18.4. The zero-order chi connectivity index (χ0) is 23.6. The first-order valence-electron chi connectivity index (χ1n) is 10.6. The maximum Gasteiger partial charge on any atom is 0.251 e. The van der Waals surface area contributed by atoms with Crippen LogP contribution in [0.1, 0.15) is 24.2 Å². The van der Waals surface area contributed by atoms with Gasteiger partial charge in [0.1, 0.15) is 0 Å². The standard InChI is InChI=1S/C23H26N6O3S/c1-15(2)13-26-21-22-27-14-20(29(22)19-6-4-3-5-18(19)28-21)16-7-9-17(10-8-16)23(30)25-11-12-33(24,31)32/h3-10,14-15H,11-13H2,1-2H3,(H,25,30)(H,26,28)(H2,24,31,32). The number of fused-ring (bicyclic) bond motifs is 3. The summed E-state index contributed by atoms with van der Waals surface area (Å²) in [6.45, 7) is 5.00. The van der Waals surface area contributed by atoms with Crippen LogP contribution in [0, 0.1) is 5.92 Å². The van der Waals surface area contributed by atoms with E-state index >= 15 is 0 Å². The largest absolute Gasteiger partial charge is 0.367 e. The molecule has 4 aromatic rings. The predicted octanol–water partition coefficient (Wildman–Crippen LogP) is 2.64. The average molecular weight is 467 g/mol. The Hall–Kier alpha value is -3.50. The molecule has 172 valence electrons. The third-order valence-electron chi connectivity index (χ3n) is 5.12. The first kappa shape index (κ1) is 22.7. The minimum atomic E-state index is -3.62. The zero-order valence-corrected chi connectivity index (χ0v) is 19.3. The van der Waals surface area contributed by atoms with E-state index in [1.165, 1.54) is 0 Å². The molecule has 0 fully saturated rings. The molecule has 0 atom stereocenters. The molecular weight excluding hydrogens is 440 g/mol. The summed E-state index contributed by atoms with van der Waals surface area (Å²) in [5.74, 6) is 0.501. The number of carbonyl (C=O) groups excluding carboxylic acids is 1. The van der Waals surface area contributed by atoms with Crippen LogP contribution >= 0.6 is 0 Å². The highest BCUT2D eigenvalue weighted by atomic mass is 32.2. The Bertz CT molecular complexity index is 1410. The van der Waals surface area contributed by atoms with E-state index in [2.05, 4.69) is 33.9 Å². The number of nitrogens with one attached hydrogen (secondary N) is 2. The molecular formula is C23H26N6O3S. The van der Waals surface area contributed by atoms with Crippen molar-refractivity contribution in [2.24, 2.45) is 11.1 Å². The van der Waals surface area contributed by atoms with Crippen LogP contribution in [0.4, 0.5) is 5.82 Å². The van der Waals surface area contributed by atoms with Gasteiger partial charge < -0.3 is 10.6 Å². The van der Waals surface area contributed by atoms with Gasteiger partial charge in [0.2, 0.25) is 10.0 Å². The van der Waals surface area contributed by atoms with Gasteiger partial charge in [0.05, 0.1) is 28.7 Å². The molecule has 0 saturated heterocycles. The summed E-state index contributed by atoms with van der Waals surface area (Å²) >= 11 is 0. The Morgan fingerprint density at radius 2 is 1.85 bits per heavy atom. The van der Waals surface area contributed by atoms with E-state index < -0.39 is 10.0 Å². The van der Waals surface area contributed by atoms with E-state index in [9.17, 15) is 13.2 Å². The number of anilines is 1. The lowest BCUT2D eigenvalue weighted by molar-refractivity contribution is 0.0956. The molecule has 9 nitrogen and oxygen atoms in total. The van der Waals surface area contributed by atoms with Gasteiger partial charge in [0.25, 0.3) is 5.91 Å². The molecule has 0 aliphatic rings. The highest BCUT2D eigenvalue weighted by molar-refractivity contribution is 7.89. The number of carbonyl (C=O) groups is 1. The minimum Gasteiger partial charge on any atom is -0.367 e. The molecule has 0 radical (unpaired) electrons. The lowest BCUT2D eigenvalue weighted by atomic mass is 10.1. The molecule has 4 N–H and O–H groups in total. The fourth-order valence-electron chi connectivity index (χ4n) is 3.51. The normalized spacial score (nSPS) is 11.9. The second kappa shape index (κ2) is 9.16. The predicted molar refractivity (Wildman–Crippen MR) is 130 cm³/mol. The lowest BCUT2D eigenvalue weighted by Crippen LogP contribution is -2.31. The summed E-state index contributed by atoms with van der Waals surface area (Å²) in [7, 11) is -3.62. The number of nitrogens with zero attached hydrogens (tertiary/aromatic N) is 3. The van der Waals surface area contributed by atoms with Gasteiger partial charge in [-0.05, 0) is 30.2 Å². The van der Waals surface area contributed by atoms with Crippen molar-refractivity contribution < 1.29 is 13.2 Å². The molecule has 0 aliphatic carbocycles. The molecule has 2 aromatic carbocycles. The van der Waals surface area contributed by atoms with Crippen LogP contribution in [0.15, 0.2) is 54.7 Å². The summed E-state index contributed by atoms with van der Waals surface area (Å²) in [6, 6.07) is 15.0. The van der Waals surface area contributed by atoms with Crippen molar-refractivity contribution in [1.29, 1.82) is 0 Å². The molecule has 0 bridgehead atoms. The van der Waals surface area contributed by atoms with E-state index in [0.717, 1.165) is 40.3 Å². The highest BCUT2D eigenvalue weighted by Crippen LogP contribution is 2.28. The van der Waals surface area contributed by atoms with E-state index in [0.29, 0.717) is 11.5 Å². The number of sulfonamides is 1. The van der Waals surface area contributed by atoms with Crippen molar-refractivity contribution in [3.63, 3.8) is 0 Å². The molecule has 0 unspecified atom stereocenters. The maximum atomic E-state index is 12.3. The number of amides is 1. The number of imidazole rings is 1. The smallest absolute Gasteiger partial charge is 0.251 e. The minimum absolute atomic E-state index is 0.0438. The van der Waals surface area contributed by atoms with Gasteiger partial charge in [-0.2, -0.15) is 0 Å². The Morgan fingerprint density at radius 3 is 2.55 bits per heavy atom. The van der Waals surface area contributed by atoms with Crippen molar-refractivity contribution >= 4 is 38.4 Å². The molecule has 2 aromatic heterocycles. The van der Waals surface area contributed by atoms with Crippen molar-refractivity contribution in [2.45, 2.75) is 13.8 Å². The Balaban J connectivity index is 1.68. The first-order valence-corrected chi connectivity index (χ1v) is 12.3. The van der Waals surface area contributed by atoms with Crippen molar-refractivity contribution in [3.8, 4) is 11.3 Å². The molecule has 1 amide bonds. The van der Waals surface area contributed by atoms with Gasteiger partial charge in [-0.1, -0.05) is 38.1 Å². The van der Waals surface area contributed by atoms with Gasteiger partial charge in [-0.25, -0.2) is 23.5 Å². The maximum absolute atomic E-state index is 12.3. The van der Waals surface area contributed by atoms with Gasteiger partial charge >= 0.3 is 0 Å². The van der Waals surface area contributed by atoms with Gasteiger partial charge in [-0.3, -0.25) is 9.20 Å². The van der Waals surface area contributed by atoms with Crippen LogP contribution in [0.2, 0.25) is 0 Å². The van der Waals surface area contributed by atoms with Crippen LogP contribution in [-0.4, -0.2) is 47.5 Å². The van der Waals surface area contributed by atoms with E-state index in [1.807, 2.05) is 36.4 Å². The lowest BCUT2D eigenvalue weighted by Gasteiger charge is -2.13. The van der Waals surface area contributed by atoms with Crippen molar-refractivity contribution in [1.82, 2.24) is 19.7 Å². The summed E-state index contributed by atoms with van der Waals surface area (Å²) in [5.41, 5.74) is 4.69. The number of benzene rings is 2. The number of para-hydroxylation sites is 2. The quantitative estimate of drug-likeness (QED) is 0.366. The summed E-state index contributed by atoms with van der Waals surface area (Å²) in [4.78, 5) is 21.7. The van der Waals surface area contributed by atoms with E-state index in [-0.39, 0.29) is 18.2 Å². The average Bonchev–Trinajstić information content (AvgIpc) is 3.22.